The number of carbonyl (C=O) groups excluding carboxylic acids is 1. The van der Waals surface area contributed by atoms with Crippen LogP contribution in [-0.4, -0.2) is 84.9 Å². The maximum Gasteiger partial charge on any atom is 0.416 e. The highest BCUT2D eigenvalue weighted by Gasteiger charge is 2.57. The molecule has 3 fully saturated rings. The molecular formula is C34H43F4N3O4. The van der Waals surface area contributed by atoms with Gasteiger partial charge in [0.2, 0.25) is 5.67 Å². The van der Waals surface area contributed by atoms with Gasteiger partial charge in [0.15, 0.2) is 0 Å². The molecule has 2 aromatic rings. The fourth-order valence-corrected chi connectivity index (χ4v) is 7.41. The van der Waals surface area contributed by atoms with Crippen LogP contribution in [0.15, 0.2) is 42.5 Å². The molecule has 0 bridgehead atoms. The largest absolute Gasteiger partial charge is 0.497 e. The first-order chi connectivity index (χ1) is 21.3. The van der Waals surface area contributed by atoms with Gasteiger partial charge < -0.3 is 19.6 Å². The molecule has 7 nitrogen and oxygen atoms in total. The number of methoxy groups -OCH3 is 1. The number of ether oxygens (including phenoxy) is 1. The molecule has 3 aliphatic heterocycles. The van der Waals surface area contributed by atoms with E-state index in [-0.39, 0.29) is 31.0 Å². The van der Waals surface area contributed by atoms with Crippen molar-refractivity contribution in [1.82, 2.24) is 9.80 Å². The van der Waals surface area contributed by atoms with Gasteiger partial charge in [-0.05, 0) is 68.0 Å². The summed E-state index contributed by atoms with van der Waals surface area (Å²) in [6.45, 7) is 7.43. The summed E-state index contributed by atoms with van der Waals surface area (Å²) in [6, 6.07) is 10.9. The summed E-state index contributed by atoms with van der Waals surface area (Å²) >= 11 is 0. The fraction of sp³-hybridized carbons (Fsp3) is 0.588. The Hall–Kier alpha value is -3.34. The number of anilines is 1. The Morgan fingerprint density at radius 2 is 1.71 bits per heavy atom. The number of aliphatic carboxylic acids is 1. The second-order valence-corrected chi connectivity index (χ2v) is 13.1. The number of benzene rings is 2. The second kappa shape index (κ2) is 12.8. The quantitative estimate of drug-likeness (QED) is 0.350. The molecule has 0 spiro atoms. The zero-order valence-electron chi connectivity index (χ0n) is 26.3. The Balaban J connectivity index is 1.45. The molecule has 0 aliphatic carbocycles. The maximum absolute atomic E-state index is 17.3. The van der Waals surface area contributed by atoms with Crippen LogP contribution < -0.4 is 9.64 Å². The van der Waals surface area contributed by atoms with Crippen LogP contribution in [0.2, 0.25) is 0 Å². The Morgan fingerprint density at radius 3 is 2.27 bits per heavy atom. The average molecular weight is 634 g/mol. The summed E-state index contributed by atoms with van der Waals surface area (Å²) < 4.78 is 64.1. The number of carboxylic acids is 1. The number of piperidine rings is 1. The number of hydrogen-bond donors (Lipinski definition) is 1. The topological polar surface area (TPSA) is 73.3 Å². The number of carboxylic acid groups (broad SMARTS) is 1. The monoisotopic (exact) mass is 633 g/mol. The molecule has 3 saturated heterocycles. The molecule has 1 N–H and O–H groups in total. The van der Waals surface area contributed by atoms with Crippen molar-refractivity contribution in [3.05, 3.63) is 59.2 Å². The Kier molecular flexibility index (Phi) is 9.40. The van der Waals surface area contributed by atoms with Gasteiger partial charge in [-0.1, -0.05) is 31.5 Å². The Morgan fingerprint density at radius 1 is 1.04 bits per heavy atom. The summed E-state index contributed by atoms with van der Waals surface area (Å²) in [7, 11) is 1.56. The molecule has 0 saturated carbocycles. The highest BCUT2D eigenvalue weighted by molar-refractivity contribution is 5.88. The van der Waals surface area contributed by atoms with E-state index >= 15 is 4.39 Å². The lowest BCUT2D eigenvalue weighted by atomic mass is 9.84. The number of hydrogen-bond acceptors (Lipinski definition) is 5. The van der Waals surface area contributed by atoms with E-state index in [9.17, 15) is 27.9 Å². The molecule has 4 atom stereocenters. The van der Waals surface area contributed by atoms with Crippen LogP contribution in [0.3, 0.4) is 0 Å². The van der Waals surface area contributed by atoms with E-state index in [0.717, 1.165) is 12.1 Å². The van der Waals surface area contributed by atoms with Gasteiger partial charge in [0.25, 0.3) is 5.91 Å². The van der Waals surface area contributed by atoms with Crippen molar-refractivity contribution in [2.75, 3.05) is 51.3 Å². The van der Waals surface area contributed by atoms with Crippen LogP contribution in [0.25, 0.3) is 0 Å². The van der Waals surface area contributed by atoms with E-state index in [1.54, 1.807) is 36.3 Å². The third-order valence-electron chi connectivity index (χ3n) is 10.2. The van der Waals surface area contributed by atoms with E-state index in [2.05, 4.69) is 0 Å². The highest BCUT2D eigenvalue weighted by Crippen LogP contribution is 2.46. The van der Waals surface area contributed by atoms with E-state index in [1.807, 2.05) is 30.6 Å². The summed E-state index contributed by atoms with van der Waals surface area (Å²) in [5, 5.41) is 9.45. The highest BCUT2D eigenvalue weighted by atomic mass is 19.4. The zero-order valence-corrected chi connectivity index (χ0v) is 26.3. The van der Waals surface area contributed by atoms with Crippen molar-refractivity contribution < 1.29 is 37.0 Å². The Bertz CT molecular complexity index is 1380. The van der Waals surface area contributed by atoms with Gasteiger partial charge in [0.05, 0.1) is 18.6 Å². The van der Waals surface area contributed by atoms with Gasteiger partial charge in [-0.25, -0.2) is 4.39 Å². The minimum Gasteiger partial charge on any atom is -0.497 e. The molecule has 3 heterocycles. The number of carbonyl (C=O) groups is 2. The van der Waals surface area contributed by atoms with Gasteiger partial charge in [-0.15, -0.1) is 0 Å². The minimum atomic E-state index is -4.55. The van der Waals surface area contributed by atoms with Crippen molar-refractivity contribution in [3.63, 3.8) is 0 Å². The first kappa shape index (κ1) is 33.0. The molecule has 0 unspecified atom stereocenters. The molecule has 3 aliphatic rings. The van der Waals surface area contributed by atoms with E-state index in [4.69, 9.17) is 4.74 Å². The van der Waals surface area contributed by atoms with Crippen LogP contribution in [-0.2, 0) is 15.8 Å². The summed E-state index contributed by atoms with van der Waals surface area (Å²) in [5.41, 5.74) is -1.12. The SMILES string of the molecule is CC[C@H]1CN(C(=O)[C@]2(F)CN(C(C)C)C[C@H]2c2ccc(OC)cc2)C[C@@H]1c1ccc(C(F)(F)F)cc1N1CCC(C(=O)O)CC1. The lowest BCUT2D eigenvalue weighted by Gasteiger charge is -2.35. The predicted molar refractivity (Wildman–Crippen MR) is 163 cm³/mol. The summed E-state index contributed by atoms with van der Waals surface area (Å²) in [5.74, 6) is -2.43. The number of amides is 1. The summed E-state index contributed by atoms with van der Waals surface area (Å²) in [6.07, 6.45) is -3.21. The van der Waals surface area contributed by atoms with Gasteiger partial charge in [0.1, 0.15) is 5.75 Å². The third-order valence-corrected chi connectivity index (χ3v) is 10.2. The zero-order chi connectivity index (χ0) is 32.7. The van der Waals surface area contributed by atoms with Gasteiger partial charge in [0, 0.05) is 62.8 Å². The molecule has 45 heavy (non-hydrogen) atoms. The van der Waals surface area contributed by atoms with Crippen LogP contribution in [0.4, 0.5) is 23.2 Å². The lowest BCUT2D eigenvalue weighted by Crippen LogP contribution is -2.50. The normalized spacial score (nSPS) is 26.6. The van der Waals surface area contributed by atoms with E-state index in [0.29, 0.717) is 68.0 Å². The number of halogens is 4. The first-order valence-corrected chi connectivity index (χ1v) is 15.8. The van der Waals surface area contributed by atoms with Crippen molar-refractivity contribution in [2.24, 2.45) is 11.8 Å². The Labute approximate surface area is 262 Å². The molecule has 11 heteroatoms. The molecule has 246 valence electrons. The molecule has 2 aromatic carbocycles. The molecule has 0 aromatic heterocycles. The van der Waals surface area contributed by atoms with Gasteiger partial charge in [-0.3, -0.25) is 14.5 Å². The molecule has 1 amide bonds. The van der Waals surface area contributed by atoms with Crippen molar-refractivity contribution in [2.45, 2.75) is 69.8 Å². The third kappa shape index (κ3) is 6.50. The fourth-order valence-electron chi connectivity index (χ4n) is 7.41. The molecule has 0 radical (unpaired) electrons. The predicted octanol–water partition coefficient (Wildman–Crippen LogP) is 6.18. The van der Waals surface area contributed by atoms with Crippen LogP contribution in [0.1, 0.15) is 68.6 Å². The first-order valence-electron chi connectivity index (χ1n) is 15.8. The number of nitrogens with zero attached hydrogens (tertiary/aromatic N) is 3. The van der Waals surface area contributed by atoms with E-state index in [1.165, 1.54) is 6.07 Å². The molecule has 5 rings (SSSR count). The molecular weight excluding hydrogens is 590 g/mol. The van der Waals surface area contributed by atoms with E-state index < -0.39 is 41.1 Å². The smallest absolute Gasteiger partial charge is 0.416 e. The average Bonchev–Trinajstić information content (AvgIpc) is 3.62. The number of alkyl halides is 4. The van der Waals surface area contributed by atoms with Crippen LogP contribution in [0, 0.1) is 11.8 Å². The minimum absolute atomic E-state index is 0.0332. The number of likely N-dealkylation sites (tertiary alicyclic amines) is 2. The second-order valence-electron chi connectivity index (χ2n) is 13.1. The standard InChI is InChI=1S/C34H43F4N3O4/c1-5-22-17-40(32(44)33(35)20-41(21(2)3)19-29(33)23-6-9-26(45-4)10-7-23)18-28(22)27-11-8-25(34(36,37)38)16-30(27)39-14-12-24(13-15-39)31(42)43/h6-11,16,21-22,24,28-29H,5,12-15,17-20H2,1-4H3,(H,42,43)/t22-,28-,29-,33-/m0/s1. The van der Waals surface area contributed by atoms with Crippen molar-refractivity contribution in [1.29, 1.82) is 0 Å². The van der Waals surface area contributed by atoms with Gasteiger partial charge in [-0.2, -0.15) is 13.2 Å². The van der Waals surface area contributed by atoms with Gasteiger partial charge >= 0.3 is 12.1 Å². The van der Waals surface area contributed by atoms with Crippen molar-refractivity contribution in [3.8, 4) is 5.75 Å². The van der Waals surface area contributed by atoms with Crippen molar-refractivity contribution >= 4 is 17.6 Å². The van der Waals surface area contributed by atoms with Crippen LogP contribution >= 0.6 is 0 Å². The maximum atomic E-state index is 17.3. The van der Waals surface area contributed by atoms with Crippen LogP contribution in [0.5, 0.6) is 5.75 Å². The number of rotatable bonds is 8. The lowest BCUT2D eigenvalue weighted by molar-refractivity contribution is -0.143. The summed E-state index contributed by atoms with van der Waals surface area (Å²) in [4.78, 5) is 31.2.